The van der Waals surface area contributed by atoms with E-state index in [2.05, 4.69) is 68.1 Å². The molecule has 0 unspecified atom stereocenters. The van der Waals surface area contributed by atoms with Gasteiger partial charge in [0.05, 0.1) is 16.1 Å². The molecule has 0 aliphatic carbocycles. The van der Waals surface area contributed by atoms with Crippen molar-refractivity contribution in [2.24, 2.45) is 0 Å². The lowest BCUT2D eigenvalue weighted by atomic mass is 10.2. The maximum absolute atomic E-state index is 5.31. The van der Waals surface area contributed by atoms with Crippen molar-refractivity contribution in [2.45, 2.75) is 26.8 Å². The highest BCUT2D eigenvalue weighted by atomic mass is 79.9. The second kappa shape index (κ2) is 9.77. The van der Waals surface area contributed by atoms with Gasteiger partial charge in [-0.3, -0.25) is 0 Å². The van der Waals surface area contributed by atoms with Crippen LogP contribution in [-0.2, 0) is 6.54 Å². The SMILES string of the molecule is CCCN(CC)CCNCc1cc(Br)c(OC)c(Br)c1. The molecule has 0 bridgehead atoms. The van der Waals surface area contributed by atoms with Crippen molar-refractivity contribution in [3.05, 3.63) is 26.6 Å². The van der Waals surface area contributed by atoms with Gasteiger partial charge in [-0.1, -0.05) is 13.8 Å². The average Bonchev–Trinajstić information content (AvgIpc) is 2.42. The van der Waals surface area contributed by atoms with Crippen LogP contribution in [0.2, 0.25) is 0 Å². The van der Waals surface area contributed by atoms with Gasteiger partial charge in [0.2, 0.25) is 0 Å². The smallest absolute Gasteiger partial charge is 0.147 e. The Hall–Kier alpha value is -0.100. The number of likely N-dealkylation sites (N-methyl/N-ethyl adjacent to an activating group) is 1. The summed E-state index contributed by atoms with van der Waals surface area (Å²) in [6, 6.07) is 4.19. The van der Waals surface area contributed by atoms with Crippen LogP contribution >= 0.6 is 31.9 Å². The van der Waals surface area contributed by atoms with Crippen LogP contribution in [0.1, 0.15) is 25.8 Å². The average molecular weight is 408 g/mol. The Morgan fingerprint density at radius 2 is 1.80 bits per heavy atom. The summed E-state index contributed by atoms with van der Waals surface area (Å²) in [6.07, 6.45) is 1.21. The van der Waals surface area contributed by atoms with E-state index in [9.17, 15) is 0 Å². The highest BCUT2D eigenvalue weighted by molar-refractivity contribution is 9.11. The molecule has 0 aliphatic heterocycles. The summed E-state index contributed by atoms with van der Waals surface area (Å²) < 4.78 is 7.27. The van der Waals surface area contributed by atoms with Crippen LogP contribution in [-0.4, -0.2) is 38.2 Å². The van der Waals surface area contributed by atoms with E-state index < -0.39 is 0 Å². The van der Waals surface area contributed by atoms with Crippen LogP contribution in [0.3, 0.4) is 0 Å². The van der Waals surface area contributed by atoms with Crippen molar-refractivity contribution >= 4 is 31.9 Å². The Morgan fingerprint density at radius 3 is 2.30 bits per heavy atom. The third kappa shape index (κ3) is 5.72. The van der Waals surface area contributed by atoms with Crippen molar-refractivity contribution < 1.29 is 4.74 Å². The van der Waals surface area contributed by atoms with Crippen molar-refractivity contribution in [3.8, 4) is 5.75 Å². The van der Waals surface area contributed by atoms with Crippen molar-refractivity contribution in [1.82, 2.24) is 10.2 Å². The highest BCUT2D eigenvalue weighted by Crippen LogP contribution is 2.34. The first kappa shape index (κ1) is 18.0. The Balaban J connectivity index is 2.42. The van der Waals surface area contributed by atoms with Gasteiger partial charge in [0.1, 0.15) is 5.75 Å². The molecular formula is C15H24Br2N2O. The van der Waals surface area contributed by atoms with Crippen LogP contribution in [0.15, 0.2) is 21.1 Å². The number of nitrogens with one attached hydrogen (secondary N) is 1. The molecule has 0 saturated carbocycles. The minimum Gasteiger partial charge on any atom is -0.494 e. The normalized spacial score (nSPS) is 11.1. The molecule has 0 spiro atoms. The van der Waals surface area contributed by atoms with Crippen molar-refractivity contribution in [2.75, 3.05) is 33.3 Å². The zero-order valence-corrected chi connectivity index (χ0v) is 15.7. The lowest BCUT2D eigenvalue weighted by molar-refractivity contribution is 0.287. The van der Waals surface area contributed by atoms with Crippen LogP contribution in [0.4, 0.5) is 0 Å². The first-order valence-electron chi connectivity index (χ1n) is 7.07. The van der Waals surface area contributed by atoms with Gasteiger partial charge in [0.25, 0.3) is 0 Å². The van der Waals surface area contributed by atoms with E-state index in [0.29, 0.717) is 0 Å². The van der Waals surface area contributed by atoms with Crippen LogP contribution in [0.25, 0.3) is 0 Å². The van der Waals surface area contributed by atoms with E-state index >= 15 is 0 Å². The molecule has 1 N–H and O–H groups in total. The maximum atomic E-state index is 5.31. The molecule has 0 aromatic heterocycles. The standard InChI is InChI=1S/C15H24Br2N2O/c1-4-7-19(5-2)8-6-18-11-12-9-13(16)15(20-3)14(17)10-12/h9-10,18H,4-8,11H2,1-3H3. The Labute approximate surface area is 139 Å². The van der Waals surface area contributed by atoms with Gasteiger partial charge in [-0.25, -0.2) is 0 Å². The summed E-state index contributed by atoms with van der Waals surface area (Å²) in [5, 5.41) is 3.49. The summed E-state index contributed by atoms with van der Waals surface area (Å²) in [6.45, 7) is 9.71. The summed E-state index contributed by atoms with van der Waals surface area (Å²) in [4.78, 5) is 2.47. The number of hydrogen-bond acceptors (Lipinski definition) is 3. The van der Waals surface area contributed by atoms with E-state index in [4.69, 9.17) is 4.74 Å². The summed E-state index contributed by atoms with van der Waals surface area (Å²) in [7, 11) is 1.68. The van der Waals surface area contributed by atoms with Crippen molar-refractivity contribution in [1.29, 1.82) is 0 Å². The largest absolute Gasteiger partial charge is 0.494 e. The van der Waals surface area contributed by atoms with Gasteiger partial charge in [0, 0.05) is 19.6 Å². The molecule has 20 heavy (non-hydrogen) atoms. The molecule has 3 nitrogen and oxygen atoms in total. The molecule has 0 saturated heterocycles. The molecule has 1 rings (SSSR count). The first-order valence-corrected chi connectivity index (χ1v) is 8.65. The number of rotatable bonds is 9. The molecule has 0 heterocycles. The first-order chi connectivity index (χ1) is 9.62. The summed E-state index contributed by atoms with van der Waals surface area (Å²) in [5.74, 6) is 0.842. The topological polar surface area (TPSA) is 24.5 Å². The maximum Gasteiger partial charge on any atom is 0.147 e. The zero-order valence-electron chi connectivity index (χ0n) is 12.5. The molecule has 0 amide bonds. The quantitative estimate of drug-likeness (QED) is 0.625. The van der Waals surface area contributed by atoms with Crippen LogP contribution in [0, 0.1) is 0 Å². The number of nitrogens with zero attached hydrogens (tertiary/aromatic N) is 1. The zero-order chi connectivity index (χ0) is 15.0. The number of ether oxygens (including phenoxy) is 1. The molecule has 1 aromatic carbocycles. The number of methoxy groups -OCH3 is 1. The van der Waals surface area contributed by atoms with Gasteiger partial charge in [0.15, 0.2) is 0 Å². The third-order valence-corrected chi connectivity index (χ3v) is 4.36. The fraction of sp³-hybridized carbons (Fsp3) is 0.600. The van der Waals surface area contributed by atoms with E-state index in [-0.39, 0.29) is 0 Å². The molecule has 0 fully saturated rings. The Bertz CT molecular complexity index is 390. The van der Waals surface area contributed by atoms with Crippen LogP contribution < -0.4 is 10.1 Å². The summed E-state index contributed by atoms with van der Waals surface area (Å²) >= 11 is 7.06. The fourth-order valence-electron chi connectivity index (χ4n) is 2.12. The fourth-order valence-corrected chi connectivity index (χ4v) is 3.73. The lowest BCUT2D eigenvalue weighted by Crippen LogP contribution is -2.32. The van der Waals surface area contributed by atoms with Crippen molar-refractivity contribution in [3.63, 3.8) is 0 Å². The van der Waals surface area contributed by atoms with Gasteiger partial charge in [-0.15, -0.1) is 0 Å². The van der Waals surface area contributed by atoms with Gasteiger partial charge in [-0.2, -0.15) is 0 Å². The molecule has 0 radical (unpaired) electrons. The number of benzene rings is 1. The van der Waals surface area contributed by atoms with Crippen LogP contribution in [0.5, 0.6) is 5.75 Å². The number of hydrogen-bond donors (Lipinski definition) is 1. The number of halogens is 2. The minimum atomic E-state index is 0.842. The Kier molecular flexibility index (Phi) is 8.77. The molecule has 5 heteroatoms. The molecule has 114 valence electrons. The van der Waals surface area contributed by atoms with E-state index in [1.54, 1.807) is 7.11 Å². The predicted molar refractivity (Wildman–Crippen MR) is 92.5 cm³/mol. The summed E-state index contributed by atoms with van der Waals surface area (Å²) in [5.41, 5.74) is 1.24. The molecule has 0 aliphatic rings. The van der Waals surface area contributed by atoms with Gasteiger partial charge < -0.3 is 15.0 Å². The van der Waals surface area contributed by atoms with E-state index in [1.165, 1.54) is 18.5 Å². The van der Waals surface area contributed by atoms with E-state index in [1.807, 2.05) is 0 Å². The monoisotopic (exact) mass is 406 g/mol. The minimum absolute atomic E-state index is 0.842. The third-order valence-electron chi connectivity index (χ3n) is 3.18. The second-order valence-electron chi connectivity index (χ2n) is 4.70. The molecule has 0 atom stereocenters. The molecule has 1 aromatic rings. The van der Waals surface area contributed by atoms with Gasteiger partial charge >= 0.3 is 0 Å². The molecular weight excluding hydrogens is 384 g/mol. The van der Waals surface area contributed by atoms with Gasteiger partial charge in [-0.05, 0) is 69.1 Å². The predicted octanol–water partition coefficient (Wildman–Crippen LogP) is 4.04. The Morgan fingerprint density at radius 1 is 1.15 bits per heavy atom. The lowest BCUT2D eigenvalue weighted by Gasteiger charge is -2.19. The van der Waals surface area contributed by atoms with E-state index in [0.717, 1.165) is 40.9 Å². The second-order valence-corrected chi connectivity index (χ2v) is 6.41. The highest BCUT2D eigenvalue weighted by Gasteiger charge is 2.07.